The van der Waals surface area contributed by atoms with E-state index in [1.807, 2.05) is 0 Å². The maximum absolute atomic E-state index is 11.4. The molecule has 5 rings (SSSR count). The van der Waals surface area contributed by atoms with Gasteiger partial charge in [0.25, 0.3) is 0 Å². The minimum atomic E-state index is -1.03. The zero-order valence-corrected chi connectivity index (χ0v) is 25.6. The van der Waals surface area contributed by atoms with Crippen LogP contribution in [0, 0.1) is 52.3 Å². The van der Waals surface area contributed by atoms with E-state index in [4.69, 9.17) is 4.74 Å². The molecule has 0 amide bonds. The van der Waals surface area contributed by atoms with Crippen molar-refractivity contribution in [3.05, 3.63) is 0 Å². The molecule has 0 bridgehead atoms. The van der Waals surface area contributed by atoms with Crippen LogP contribution in [0.25, 0.3) is 0 Å². The van der Waals surface area contributed by atoms with Crippen molar-refractivity contribution in [1.82, 2.24) is 0 Å². The fourth-order valence-corrected chi connectivity index (χ4v) is 11.3. The zero-order valence-electron chi connectivity index (χ0n) is 25.6. The second-order valence-electron chi connectivity index (χ2n) is 16.3. The predicted octanol–water partition coefficient (Wildman–Crippen LogP) is 7.13. The van der Waals surface area contributed by atoms with Gasteiger partial charge in [-0.05, 0) is 162 Å². The van der Waals surface area contributed by atoms with Crippen molar-refractivity contribution in [3.63, 3.8) is 0 Å². The van der Waals surface area contributed by atoms with Gasteiger partial charge in [0.15, 0.2) is 0 Å². The largest absolute Gasteiger partial charge is 0.390 e. The maximum Gasteiger partial charge on any atom is 0.0930 e. The van der Waals surface area contributed by atoms with Gasteiger partial charge in [0.1, 0.15) is 0 Å². The van der Waals surface area contributed by atoms with Gasteiger partial charge in [-0.2, -0.15) is 0 Å². The highest BCUT2D eigenvalue weighted by Gasteiger charge is 2.62. The molecule has 0 radical (unpaired) electrons. The van der Waals surface area contributed by atoms with Gasteiger partial charge in [-0.1, -0.05) is 20.8 Å². The molecule has 5 saturated carbocycles. The Kier molecular flexibility index (Phi) is 7.94. The summed E-state index contributed by atoms with van der Waals surface area (Å²) in [6, 6.07) is 0. The van der Waals surface area contributed by atoms with E-state index in [0.29, 0.717) is 28.6 Å². The number of methoxy groups -OCH3 is 1. The Morgan fingerprint density at radius 3 is 2.18 bits per heavy atom. The summed E-state index contributed by atoms with van der Waals surface area (Å²) in [4.78, 5) is 0. The van der Waals surface area contributed by atoms with Crippen molar-refractivity contribution >= 4 is 0 Å². The van der Waals surface area contributed by atoms with E-state index in [0.717, 1.165) is 81.6 Å². The maximum atomic E-state index is 11.4. The fraction of sp³-hybridized carbons (Fsp3) is 1.00. The summed E-state index contributed by atoms with van der Waals surface area (Å²) in [6.07, 6.45) is 16.8. The first-order valence-electron chi connectivity index (χ1n) is 16.4. The van der Waals surface area contributed by atoms with E-state index in [9.17, 15) is 15.3 Å². The van der Waals surface area contributed by atoms with Gasteiger partial charge in [-0.15, -0.1) is 0 Å². The first-order valence-corrected chi connectivity index (χ1v) is 16.4. The van der Waals surface area contributed by atoms with Gasteiger partial charge in [-0.3, -0.25) is 0 Å². The van der Waals surface area contributed by atoms with Crippen molar-refractivity contribution in [1.29, 1.82) is 0 Å². The Hall–Kier alpha value is -0.160. The Morgan fingerprint density at radius 2 is 1.53 bits per heavy atom. The van der Waals surface area contributed by atoms with Crippen LogP contribution in [0.1, 0.15) is 131 Å². The summed E-state index contributed by atoms with van der Waals surface area (Å²) >= 11 is 0. The Bertz CT molecular complexity index is 827. The number of hydrogen-bond acceptors (Lipinski definition) is 4. The van der Waals surface area contributed by atoms with Crippen LogP contribution < -0.4 is 0 Å². The molecule has 5 aliphatic rings. The highest BCUT2D eigenvalue weighted by molar-refractivity contribution is 5.12. The van der Waals surface area contributed by atoms with Gasteiger partial charge in [0.2, 0.25) is 0 Å². The van der Waals surface area contributed by atoms with Crippen LogP contribution in [-0.2, 0) is 4.74 Å². The molecule has 0 aliphatic heterocycles. The molecule has 38 heavy (non-hydrogen) atoms. The molecule has 220 valence electrons. The molecule has 4 heteroatoms. The molecule has 0 spiro atoms. The molecule has 0 saturated heterocycles. The molecule has 4 nitrogen and oxygen atoms in total. The van der Waals surface area contributed by atoms with Crippen molar-refractivity contribution in [3.8, 4) is 0 Å². The summed E-state index contributed by atoms with van der Waals surface area (Å²) in [5, 5.41) is 33.5. The molecule has 9 atom stereocenters. The minimum absolute atomic E-state index is 0.316. The molecule has 3 N–H and O–H groups in total. The van der Waals surface area contributed by atoms with E-state index in [1.54, 1.807) is 21.0 Å². The first kappa shape index (κ1) is 29.3. The van der Waals surface area contributed by atoms with Crippen LogP contribution in [0.5, 0.6) is 0 Å². The Labute approximate surface area is 233 Å². The molecule has 0 unspecified atom stereocenters. The quantitative estimate of drug-likeness (QED) is 0.326. The lowest BCUT2D eigenvalue weighted by Crippen LogP contribution is -2.60. The molecular weight excluding hydrogens is 472 g/mol. The lowest BCUT2D eigenvalue weighted by atomic mass is 9.43. The first-order chi connectivity index (χ1) is 17.7. The van der Waals surface area contributed by atoms with Crippen molar-refractivity contribution in [2.45, 2.75) is 148 Å². The average molecular weight is 533 g/mol. The topological polar surface area (TPSA) is 69.9 Å². The average Bonchev–Trinajstić information content (AvgIpc) is 3.21. The van der Waals surface area contributed by atoms with Crippen molar-refractivity contribution in [2.24, 2.45) is 52.3 Å². The normalized spacial score (nSPS) is 50.1. The van der Waals surface area contributed by atoms with Gasteiger partial charge in [0, 0.05) is 13.7 Å². The summed E-state index contributed by atoms with van der Waals surface area (Å²) < 4.78 is 5.37. The van der Waals surface area contributed by atoms with E-state index >= 15 is 0 Å². The molecule has 5 fully saturated rings. The van der Waals surface area contributed by atoms with Gasteiger partial charge >= 0.3 is 0 Å². The third kappa shape index (κ3) is 4.94. The lowest BCUT2D eigenvalue weighted by Gasteiger charge is -2.63. The highest BCUT2D eigenvalue weighted by Crippen LogP contribution is 2.69. The molecule has 0 aromatic heterocycles. The van der Waals surface area contributed by atoms with Crippen molar-refractivity contribution in [2.75, 3.05) is 13.7 Å². The third-order valence-electron chi connectivity index (χ3n) is 14.1. The second-order valence-corrected chi connectivity index (χ2v) is 16.3. The lowest BCUT2D eigenvalue weighted by molar-refractivity contribution is -0.204. The van der Waals surface area contributed by atoms with Crippen LogP contribution in [0.15, 0.2) is 0 Å². The van der Waals surface area contributed by atoms with E-state index < -0.39 is 16.8 Å². The third-order valence-corrected chi connectivity index (χ3v) is 14.1. The number of rotatable bonds is 7. The van der Waals surface area contributed by atoms with Crippen LogP contribution in [0.3, 0.4) is 0 Å². The standard InChI is InChI=1S/C34H60O4/c1-23(11-16-33(36)17-12-24(13-18-33)22-38-6)27-9-10-28-26-8-7-25-21-34(37,30(2,3)35)20-19-31(25,4)29(26)14-15-32(27,28)5/h23-29,35-37H,7-22H2,1-6H3/t23-,24?,25+,26+,27-,28+,29+,31+,32-,33?,34+/m1/s1. The Balaban J connectivity index is 1.22. The number of aliphatic hydroxyl groups is 3. The smallest absolute Gasteiger partial charge is 0.0930 e. The van der Waals surface area contributed by atoms with Crippen LogP contribution >= 0.6 is 0 Å². The number of fused-ring (bicyclic) bond motifs is 5. The summed E-state index contributed by atoms with van der Waals surface area (Å²) in [5.74, 6) is 5.10. The van der Waals surface area contributed by atoms with Gasteiger partial charge in [-0.25, -0.2) is 0 Å². The number of ether oxygens (including phenoxy) is 1. The number of hydrogen-bond donors (Lipinski definition) is 3. The molecule has 0 aromatic carbocycles. The van der Waals surface area contributed by atoms with Gasteiger partial charge < -0.3 is 20.1 Å². The highest BCUT2D eigenvalue weighted by atomic mass is 16.5. The SMILES string of the molecule is COCC1CCC(O)(CC[C@@H](C)[C@H]2CC[C@H]3[C@@H]4CC[C@H]5C[C@](O)(C(C)(C)O)CC[C@]5(C)[C@H]4CC[C@]23C)CC1. The summed E-state index contributed by atoms with van der Waals surface area (Å²) in [7, 11) is 1.80. The van der Waals surface area contributed by atoms with E-state index in [-0.39, 0.29) is 0 Å². The molecule has 5 aliphatic carbocycles. The predicted molar refractivity (Wildman–Crippen MR) is 154 cm³/mol. The second kappa shape index (κ2) is 10.3. The summed E-state index contributed by atoms with van der Waals surface area (Å²) in [5.41, 5.74) is -1.65. The van der Waals surface area contributed by atoms with Crippen LogP contribution in [0.2, 0.25) is 0 Å². The molecule has 0 aromatic rings. The van der Waals surface area contributed by atoms with Gasteiger partial charge in [0.05, 0.1) is 16.8 Å². The zero-order chi connectivity index (χ0) is 27.6. The fourth-order valence-electron chi connectivity index (χ4n) is 11.3. The Morgan fingerprint density at radius 1 is 0.842 bits per heavy atom. The molecule has 0 heterocycles. The van der Waals surface area contributed by atoms with E-state index in [1.165, 1.54) is 44.9 Å². The van der Waals surface area contributed by atoms with Crippen LogP contribution in [-0.4, -0.2) is 45.8 Å². The van der Waals surface area contributed by atoms with Crippen molar-refractivity contribution < 1.29 is 20.1 Å². The minimum Gasteiger partial charge on any atom is -0.390 e. The molecular formula is C34H60O4. The van der Waals surface area contributed by atoms with Crippen LogP contribution in [0.4, 0.5) is 0 Å². The monoisotopic (exact) mass is 532 g/mol. The van der Waals surface area contributed by atoms with E-state index in [2.05, 4.69) is 20.8 Å². The summed E-state index contributed by atoms with van der Waals surface area (Å²) in [6.45, 7) is 12.2.